The lowest BCUT2D eigenvalue weighted by atomic mass is 10.3. The molecule has 0 spiro atoms. The van der Waals surface area contributed by atoms with Gasteiger partial charge >= 0.3 is 0 Å². The number of thiazole rings is 1. The van der Waals surface area contributed by atoms with E-state index in [1.165, 1.54) is 17.7 Å². The van der Waals surface area contributed by atoms with Crippen molar-refractivity contribution in [2.75, 3.05) is 23.3 Å². The molecule has 0 radical (unpaired) electrons. The maximum atomic E-state index is 12.5. The summed E-state index contributed by atoms with van der Waals surface area (Å²) < 4.78 is 0. The van der Waals surface area contributed by atoms with Gasteiger partial charge in [-0.2, -0.15) is 0 Å². The quantitative estimate of drug-likeness (QED) is 0.777. The van der Waals surface area contributed by atoms with E-state index in [1.54, 1.807) is 12.3 Å². The van der Waals surface area contributed by atoms with Crippen molar-refractivity contribution in [1.29, 1.82) is 0 Å². The predicted octanol–water partition coefficient (Wildman–Crippen LogP) is 2.85. The molecule has 4 rings (SSSR count). The van der Waals surface area contributed by atoms with Crippen LogP contribution in [0.25, 0.3) is 11.4 Å². The third-order valence-corrected chi connectivity index (χ3v) is 4.73. The molecule has 3 aromatic heterocycles. The number of nitrogens with one attached hydrogen (secondary N) is 1. The Kier molecular flexibility index (Phi) is 4.34. The molecule has 1 amide bonds. The highest BCUT2D eigenvalue weighted by molar-refractivity contribution is 7.14. The lowest BCUT2D eigenvalue weighted by Gasteiger charge is -2.16. The fourth-order valence-corrected chi connectivity index (χ4v) is 3.41. The number of anilines is 2. The fraction of sp³-hybridized carbons (Fsp3) is 0.235. The van der Waals surface area contributed by atoms with Gasteiger partial charge in [0.2, 0.25) is 0 Å². The minimum absolute atomic E-state index is 0.287. The third-order valence-electron chi connectivity index (χ3n) is 3.97. The van der Waals surface area contributed by atoms with Gasteiger partial charge in [0.25, 0.3) is 5.91 Å². The highest BCUT2D eigenvalue weighted by atomic mass is 32.1. The molecule has 1 aliphatic heterocycles. The Balaban J connectivity index is 1.49. The largest absolute Gasteiger partial charge is 0.357 e. The Bertz CT molecular complexity index is 876. The fourth-order valence-electron chi connectivity index (χ4n) is 2.71. The Morgan fingerprint density at radius 1 is 1.12 bits per heavy atom. The molecule has 0 bridgehead atoms. The van der Waals surface area contributed by atoms with Crippen molar-refractivity contribution in [3.8, 4) is 11.4 Å². The molecular formula is C17H16N6OS. The molecule has 0 unspecified atom stereocenters. The van der Waals surface area contributed by atoms with E-state index < -0.39 is 0 Å². The monoisotopic (exact) mass is 352 g/mol. The molecule has 4 heterocycles. The summed E-state index contributed by atoms with van der Waals surface area (Å²) in [5.41, 5.74) is 1.85. The van der Waals surface area contributed by atoms with Gasteiger partial charge in [0.1, 0.15) is 23.5 Å². The highest BCUT2D eigenvalue weighted by Gasteiger charge is 2.17. The van der Waals surface area contributed by atoms with Crippen LogP contribution in [-0.4, -0.2) is 38.9 Å². The average Bonchev–Trinajstić information content (AvgIpc) is 3.35. The molecule has 25 heavy (non-hydrogen) atoms. The zero-order valence-electron chi connectivity index (χ0n) is 13.4. The maximum Gasteiger partial charge on any atom is 0.276 e. The molecule has 126 valence electrons. The predicted molar refractivity (Wildman–Crippen MR) is 96.8 cm³/mol. The van der Waals surface area contributed by atoms with Gasteiger partial charge in [-0.15, -0.1) is 11.3 Å². The number of pyridine rings is 1. The van der Waals surface area contributed by atoms with Crippen LogP contribution in [0, 0.1) is 0 Å². The van der Waals surface area contributed by atoms with Crippen LogP contribution >= 0.6 is 11.3 Å². The topological polar surface area (TPSA) is 83.9 Å². The van der Waals surface area contributed by atoms with Crippen LogP contribution < -0.4 is 10.2 Å². The van der Waals surface area contributed by atoms with Crippen molar-refractivity contribution in [3.63, 3.8) is 0 Å². The highest BCUT2D eigenvalue weighted by Crippen LogP contribution is 2.24. The Morgan fingerprint density at radius 2 is 2.00 bits per heavy atom. The van der Waals surface area contributed by atoms with Crippen LogP contribution in [0.4, 0.5) is 10.9 Å². The van der Waals surface area contributed by atoms with Gasteiger partial charge in [-0.3, -0.25) is 15.1 Å². The first-order valence-corrected chi connectivity index (χ1v) is 8.93. The number of hydrogen-bond donors (Lipinski definition) is 1. The number of carbonyl (C=O) groups excluding carboxylic acids is 1. The summed E-state index contributed by atoms with van der Waals surface area (Å²) >= 11 is 1.36. The summed E-state index contributed by atoms with van der Waals surface area (Å²) in [5, 5.41) is 5.19. The SMILES string of the molecule is O=C(Nc1nc(-c2ccccn2)cs1)c1cc(N2CCCC2)ncn1. The van der Waals surface area contributed by atoms with Crippen LogP contribution in [0.15, 0.2) is 42.2 Å². The number of hydrogen-bond acceptors (Lipinski definition) is 7. The van der Waals surface area contributed by atoms with Crippen LogP contribution in [0.2, 0.25) is 0 Å². The van der Waals surface area contributed by atoms with Crippen LogP contribution in [0.3, 0.4) is 0 Å². The van der Waals surface area contributed by atoms with Gasteiger partial charge in [0, 0.05) is 30.7 Å². The van der Waals surface area contributed by atoms with Crippen molar-refractivity contribution < 1.29 is 4.79 Å². The van der Waals surface area contributed by atoms with Gasteiger partial charge < -0.3 is 4.90 Å². The second kappa shape index (κ2) is 6.94. The summed E-state index contributed by atoms with van der Waals surface area (Å²) in [6.07, 6.45) is 5.46. The van der Waals surface area contributed by atoms with Crippen LogP contribution in [0.1, 0.15) is 23.3 Å². The van der Waals surface area contributed by atoms with E-state index in [0.717, 1.165) is 43.1 Å². The van der Waals surface area contributed by atoms with Gasteiger partial charge in [-0.1, -0.05) is 6.07 Å². The third kappa shape index (κ3) is 3.48. The number of rotatable bonds is 4. The second-order valence-electron chi connectivity index (χ2n) is 5.66. The standard InChI is InChI=1S/C17H16N6OS/c24-16(13-9-15(20-11-19-13)23-7-3-4-8-23)22-17-21-14(10-25-17)12-5-1-2-6-18-12/h1-2,5-6,9-11H,3-4,7-8H2,(H,21,22,24). The van der Waals surface area contributed by atoms with E-state index in [9.17, 15) is 4.79 Å². The smallest absolute Gasteiger partial charge is 0.276 e. The number of nitrogens with zero attached hydrogens (tertiary/aromatic N) is 5. The van der Waals surface area contributed by atoms with Gasteiger partial charge in [-0.25, -0.2) is 15.0 Å². The van der Waals surface area contributed by atoms with E-state index >= 15 is 0 Å². The summed E-state index contributed by atoms with van der Waals surface area (Å²) in [4.78, 5) is 31.7. The molecule has 0 saturated carbocycles. The molecule has 8 heteroatoms. The number of carbonyl (C=O) groups is 1. The molecule has 3 aromatic rings. The lowest BCUT2D eigenvalue weighted by Crippen LogP contribution is -2.21. The lowest BCUT2D eigenvalue weighted by molar-refractivity contribution is 0.102. The molecule has 0 aromatic carbocycles. The molecule has 7 nitrogen and oxygen atoms in total. The number of amides is 1. The Morgan fingerprint density at radius 3 is 2.80 bits per heavy atom. The minimum Gasteiger partial charge on any atom is -0.357 e. The van der Waals surface area contributed by atoms with E-state index in [4.69, 9.17) is 0 Å². The molecular weight excluding hydrogens is 336 g/mol. The summed E-state index contributed by atoms with van der Waals surface area (Å²) in [5.74, 6) is 0.510. The minimum atomic E-state index is -0.287. The average molecular weight is 352 g/mol. The summed E-state index contributed by atoms with van der Waals surface area (Å²) in [6, 6.07) is 7.37. The van der Waals surface area contributed by atoms with Crippen molar-refractivity contribution >= 4 is 28.2 Å². The Labute approximate surface area is 148 Å². The summed E-state index contributed by atoms with van der Waals surface area (Å²) in [6.45, 7) is 1.94. The molecule has 0 aliphatic carbocycles. The zero-order chi connectivity index (χ0) is 17.1. The van der Waals surface area contributed by atoms with E-state index in [-0.39, 0.29) is 5.91 Å². The van der Waals surface area contributed by atoms with Gasteiger partial charge in [0.15, 0.2) is 5.13 Å². The molecule has 1 aliphatic rings. The van der Waals surface area contributed by atoms with Gasteiger partial charge in [-0.05, 0) is 25.0 Å². The van der Waals surface area contributed by atoms with Crippen molar-refractivity contribution in [2.24, 2.45) is 0 Å². The van der Waals surface area contributed by atoms with E-state index in [0.29, 0.717) is 10.8 Å². The van der Waals surface area contributed by atoms with Gasteiger partial charge in [0.05, 0.1) is 5.69 Å². The number of aromatic nitrogens is 4. The first-order chi connectivity index (χ1) is 12.3. The van der Waals surface area contributed by atoms with Crippen molar-refractivity contribution in [3.05, 3.63) is 47.9 Å². The van der Waals surface area contributed by atoms with Crippen molar-refractivity contribution in [2.45, 2.75) is 12.8 Å². The second-order valence-corrected chi connectivity index (χ2v) is 6.52. The Hall–Kier alpha value is -2.87. The van der Waals surface area contributed by atoms with Crippen LogP contribution in [-0.2, 0) is 0 Å². The zero-order valence-corrected chi connectivity index (χ0v) is 14.2. The molecule has 1 fully saturated rings. The van der Waals surface area contributed by atoms with E-state index in [2.05, 4.69) is 30.2 Å². The molecule has 1 N–H and O–H groups in total. The molecule has 0 atom stereocenters. The first kappa shape index (κ1) is 15.6. The molecule has 1 saturated heterocycles. The summed E-state index contributed by atoms with van der Waals surface area (Å²) in [7, 11) is 0. The normalized spacial score (nSPS) is 13.8. The first-order valence-electron chi connectivity index (χ1n) is 8.05. The van der Waals surface area contributed by atoms with E-state index in [1.807, 2.05) is 23.6 Å². The maximum absolute atomic E-state index is 12.5. The van der Waals surface area contributed by atoms with Crippen molar-refractivity contribution in [1.82, 2.24) is 19.9 Å². The van der Waals surface area contributed by atoms with Crippen LogP contribution in [0.5, 0.6) is 0 Å².